The van der Waals surface area contributed by atoms with Crippen LogP contribution in [0, 0.1) is 6.92 Å². The highest BCUT2D eigenvalue weighted by Crippen LogP contribution is 2.42. The summed E-state index contributed by atoms with van der Waals surface area (Å²) in [6.45, 7) is 2.61. The number of fused-ring (bicyclic) bond motifs is 1. The first kappa shape index (κ1) is 13.4. The van der Waals surface area contributed by atoms with Crippen LogP contribution < -0.4 is 10.1 Å². The van der Waals surface area contributed by atoms with Crippen molar-refractivity contribution in [3.05, 3.63) is 43.0 Å². The number of benzene rings is 1. The Kier molecular flexibility index (Phi) is 3.56. The number of hydrogen-bond donors (Lipinski definition) is 1. The fourth-order valence-electron chi connectivity index (χ4n) is 2.15. The quantitative estimate of drug-likeness (QED) is 0.737. The van der Waals surface area contributed by atoms with Crippen LogP contribution in [-0.4, -0.2) is 6.54 Å². The summed E-state index contributed by atoms with van der Waals surface area (Å²) in [5, 5.41) is 4.02. The molecule has 1 N–H and O–H groups in total. The van der Waals surface area contributed by atoms with Crippen molar-refractivity contribution in [1.29, 1.82) is 0 Å². The molecule has 1 atom stereocenters. The summed E-state index contributed by atoms with van der Waals surface area (Å²) in [6, 6.07) is 5.60. The lowest BCUT2D eigenvalue weighted by atomic mass is 10.1. The summed E-state index contributed by atoms with van der Waals surface area (Å²) < 4.78 is 7.38. The Morgan fingerprint density at radius 1 is 1.26 bits per heavy atom. The van der Waals surface area contributed by atoms with Gasteiger partial charge >= 0.3 is 0 Å². The zero-order valence-electron chi connectivity index (χ0n) is 9.97. The predicted molar refractivity (Wildman–Crippen MR) is 82.4 cm³/mol. The second-order valence-corrected chi connectivity index (χ2v) is 7.09. The van der Waals surface area contributed by atoms with Crippen molar-refractivity contribution in [3.8, 4) is 5.75 Å². The van der Waals surface area contributed by atoms with Gasteiger partial charge in [-0.05, 0) is 30.7 Å². The molecule has 0 saturated heterocycles. The van der Waals surface area contributed by atoms with Crippen molar-refractivity contribution in [1.82, 2.24) is 0 Å². The molecule has 2 aromatic rings. The van der Waals surface area contributed by atoms with Crippen LogP contribution in [0.3, 0.4) is 0 Å². The molecule has 3 rings (SSSR count). The summed E-state index contributed by atoms with van der Waals surface area (Å²) in [4.78, 5) is 0. The van der Waals surface area contributed by atoms with Gasteiger partial charge in [0.1, 0.15) is 16.2 Å². The maximum atomic E-state index is 6.18. The van der Waals surface area contributed by atoms with Gasteiger partial charge in [0.25, 0.3) is 0 Å². The smallest absolute Gasteiger partial charge is 0.146 e. The van der Waals surface area contributed by atoms with E-state index in [1.807, 2.05) is 25.1 Å². The normalized spacial score (nSPS) is 17.6. The highest BCUT2D eigenvalue weighted by Gasteiger charge is 2.25. The SMILES string of the molecule is Cc1cc(Cl)cc2c1OC(c1cc(Cl)sc1Cl)CN2. The minimum Gasteiger partial charge on any atom is -0.481 e. The van der Waals surface area contributed by atoms with E-state index in [1.165, 1.54) is 11.3 Å². The molecule has 1 aliphatic heterocycles. The Morgan fingerprint density at radius 2 is 2.05 bits per heavy atom. The maximum Gasteiger partial charge on any atom is 0.146 e. The van der Waals surface area contributed by atoms with E-state index in [4.69, 9.17) is 39.5 Å². The summed E-state index contributed by atoms with van der Waals surface area (Å²) in [5.74, 6) is 0.819. The number of rotatable bonds is 1. The molecule has 0 saturated carbocycles. The molecule has 0 radical (unpaired) electrons. The van der Waals surface area contributed by atoms with Crippen LogP contribution in [0.4, 0.5) is 5.69 Å². The van der Waals surface area contributed by atoms with Gasteiger partial charge in [0.15, 0.2) is 0 Å². The van der Waals surface area contributed by atoms with Crippen LogP contribution in [0.2, 0.25) is 13.7 Å². The number of halogens is 3. The molecule has 6 heteroatoms. The summed E-state index contributed by atoms with van der Waals surface area (Å²) in [5.41, 5.74) is 2.83. The molecule has 1 aromatic carbocycles. The summed E-state index contributed by atoms with van der Waals surface area (Å²) >= 11 is 19.5. The molecular formula is C13H10Cl3NOS. The van der Waals surface area contributed by atoms with E-state index in [-0.39, 0.29) is 6.10 Å². The molecule has 0 aliphatic carbocycles. The van der Waals surface area contributed by atoms with Crippen molar-refractivity contribution in [2.45, 2.75) is 13.0 Å². The van der Waals surface area contributed by atoms with Gasteiger partial charge in [-0.25, -0.2) is 0 Å². The van der Waals surface area contributed by atoms with Gasteiger partial charge in [-0.15, -0.1) is 11.3 Å². The predicted octanol–water partition coefficient (Wildman–Crippen LogP) is 5.56. The number of nitrogens with one attached hydrogen (secondary N) is 1. The van der Waals surface area contributed by atoms with Crippen molar-refractivity contribution >= 4 is 51.8 Å². The minimum absolute atomic E-state index is 0.136. The van der Waals surface area contributed by atoms with Crippen molar-refractivity contribution in [3.63, 3.8) is 0 Å². The molecule has 0 bridgehead atoms. The Hall–Kier alpha value is -0.610. The minimum atomic E-state index is -0.136. The van der Waals surface area contributed by atoms with E-state index in [9.17, 15) is 0 Å². The van der Waals surface area contributed by atoms with E-state index < -0.39 is 0 Å². The Morgan fingerprint density at radius 3 is 2.74 bits per heavy atom. The number of anilines is 1. The molecule has 0 amide bonds. The zero-order valence-corrected chi connectivity index (χ0v) is 13.1. The topological polar surface area (TPSA) is 21.3 Å². The van der Waals surface area contributed by atoms with Gasteiger partial charge in [-0.2, -0.15) is 0 Å². The van der Waals surface area contributed by atoms with Crippen LogP contribution in [0.15, 0.2) is 18.2 Å². The molecule has 0 spiro atoms. The lowest BCUT2D eigenvalue weighted by Gasteiger charge is -2.28. The monoisotopic (exact) mass is 333 g/mol. The molecule has 0 fully saturated rings. The van der Waals surface area contributed by atoms with Gasteiger partial charge in [-0.3, -0.25) is 0 Å². The molecule has 1 aliphatic rings. The van der Waals surface area contributed by atoms with Gasteiger partial charge in [0.2, 0.25) is 0 Å². The molecular weight excluding hydrogens is 325 g/mol. The first-order valence-corrected chi connectivity index (χ1v) is 7.65. The van der Waals surface area contributed by atoms with Gasteiger partial charge in [0.05, 0.1) is 16.6 Å². The zero-order chi connectivity index (χ0) is 13.6. The third kappa shape index (κ3) is 2.52. The van der Waals surface area contributed by atoms with E-state index in [2.05, 4.69) is 5.32 Å². The molecule has 2 heterocycles. The number of hydrogen-bond acceptors (Lipinski definition) is 3. The highest BCUT2D eigenvalue weighted by atomic mass is 35.5. The third-order valence-electron chi connectivity index (χ3n) is 3.01. The van der Waals surface area contributed by atoms with E-state index >= 15 is 0 Å². The lowest BCUT2D eigenvalue weighted by molar-refractivity contribution is 0.209. The van der Waals surface area contributed by atoms with E-state index in [0.29, 0.717) is 20.2 Å². The Balaban J connectivity index is 1.96. The number of thiophene rings is 1. The second kappa shape index (κ2) is 5.06. The molecule has 1 aromatic heterocycles. The molecule has 100 valence electrons. The Labute approximate surface area is 130 Å². The van der Waals surface area contributed by atoms with Crippen LogP contribution in [-0.2, 0) is 0 Å². The fraction of sp³-hybridized carbons (Fsp3) is 0.231. The standard InChI is InChI=1S/C13H10Cl3NOS/c1-6-2-7(14)3-9-12(6)18-10(5-17-9)8-4-11(15)19-13(8)16/h2-4,10,17H,5H2,1H3. The van der Waals surface area contributed by atoms with Crippen LogP contribution in [0.5, 0.6) is 5.75 Å². The van der Waals surface area contributed by atoms with Crippen molar-refractivity contribution in [2.24, 2.45) is 0 Å². The largest absolute Gasteiger partial charge is 0.481 e. The third-order valence-corrected chi connectivity index (χ3v) is 4.74. The lowest BCUT2D eigenvalue weighted by Crippen LogP contribution is -2.24. The maximum absolute atomic E-state index is 6.18. The van der Waals surface area contributed by atoms with Gasteiger partial charge in [-0.1, -0.05) is 34.8 Å². The average Bonchev–Trinajstić information content (AvgIpc) is 2.68. The van der Waals surface area contributed by atoms with Gasteiger partial charge in [0, 0.05) is 10.6 Å². The van der Waals surface area contributed by atoms with Crippen LogP contribution in [0.1, 0.15) is 17.2 Å². The Bertz CT molecular complexity index is 641. The van der Waals surface area contributed by atoms with Crippen LogP contribution in [0.25, 0.3) is 0 Å². The molecule has 1 unspecified atom stereocenters. The summed E-state index contributed by atoms with van der Waals surface area (Å²) in [7, 11) is 0. The fourth-order valence-corrected chi connectivity index (χ4v) is 3.98. The van der Waals surface area contributed by atoms with E-state index in [0.717, 1.165) is 22.6 Å². The van der Waals surface area contributed by atoms with Crippen molar-refractivity contribution in [2.75, 3.05) is 11.9 Å². The van der Waals surface area contributed by atoms with Crippen LogP contribution >= 0.6 is 46.1 Å². The molecule has 19 heavy (non-hydrogen) atoms. The van der Waals surface area contributed by atoms with E-state index in [1.54, 1.807) is 0 Å². The second-order valence-electron chi connectivity index (χ2n) is 4.37. The first-order valence-electron chi connectivity index (χ1n) is 5.70. The number of aryl methyl sites for hydroxylation is 1. The summed E-state index contributed by atoms with van der Waals surface area (Å²) in [6.07, 6.45) is -0.136. The number of ether oxygens (including phenoxy) is 1. The van der Waals surface area contributed by atoms with Gasteiger partial charge < -0.3 is 10.1 Å². The first-order chi connectivity index (χ1) is 9.04. The van der Waals surface area contributed by atoms with Crippen molar-refractivity contribution < 1.29 is 4.74 Å². The average molecular weight is 335 g/mol. The highest BCUT2D eigenvalue weighted by molar-refractivity contribution is 7.20. The molecule has 2 nitrogen and oxygen atoms in total.